The van der Waals surface area contributed by atoms with E-state index in [1.54, 1.807) is 0 Å². The Morgan fingerprint density at radius 2 is 2.11 bits per heavy atom. The molecule has 1 unspecified atom stereocenters. The lowest BCUT2D eigenvalue weighted by Crippen LogP contribution is -2.39. The highest BCUT2D eigenvalue weighted by Gasteiger charge is 2.24. The van der Waals surface area contributed by atoms with Crippen molar-refractivity contribution in [3.05, 3.63) is 29.8 Å². The Balaban J connectivity index is 1.90. The quantitative estimate of drug-likeness (QED) is 0.828. The largest absolute Gasteiger partial charge is 0.492 e. The van der Waals surface area contributed by atoms with E-state index in [9.17, 15) is 5.11 Å². The smallest absolute Gasteiger partial charge is 0.119 e. The minimum atomic E-state index is 0.0331. The van der Waals surface area contributed by atoms with E-state index in [4.69, 9.17) is 4.74 Å². The standard InChI is InChI=1S/C16H25NO2/c1-16(2,3)12-5-4-6-15(9-12)19-11-14(10-18)17-13-7-8-13/h4-6,9,13-14,17-18H,7-8,10-11H2,1-3H3. The van der Waals surface area contributed by atoms with Crippen LogP contribution in [0.3, 0.4) is 0 Å². The Hall–Kier alpha value is -1.06. The summed E-state index contributed by atoms with van der Waals surface area (Å²) >= 11 is 0. The predicted molar refractivity (Wildman–Crippen MR) is 77.7 cm³/mol. The lowest BCUT2D eigenvalue weighted by molar-refractivity contribution is 0.182. The van der Waals surface area contributed by atoms with Gasteiger partial charge in [0.1, 0.15) is 12.4 Å². The molecular formula is C16H25NO2. The van der Waals surface area contributed by atoms with Crippen LogP contribution in [-0.4, -0.2) is 30.4 Å². The van der Waals surface area contributed by atoms with Gasteiger partial charge in [-0.25, -0.2) is 0 Å². The Bertz CT molecular complexity index is 407. The second kappa shape index (κ2) is 5.93. The third-order valence-corrected chi connectivity index (χ3v) is 3.42. The van der Waals surface area contributed by atoms with E-state index in [1.165, 1.54) is 18.4 Å². The monoisotopic (exact) mass is 263 g/mol. The van der Waals surface area contributed by atoms with Crippen LogP contribution in [0.4, 0.5) is 0 Å². The molecule has 1 aliphatic rings. The summed E-state index contributed by atoms with van der Waals surface area (Å²) in [6, 6.07) is 8.83. The number of hydrogen-bond donors (Lipinski definition) is 2. The van der Waals surface area contributed by atoms with Gasteiger partial charge in [-0.15, -0.1) is 0 Å². The number of aliphatic hydroxyl groups is 1. The summed E-state index contributed by atoms with van der Waals surface area (Å²) in [6.45, 7) is 7.21. The Labute approximate surface area is 116 Å². The van der Waals surface area contributed by atoms with Crippen molar-refractivity contribution in [1.82, 2.24) is 5.32 Å². The number of nitrogens with one attached hydrogen (secondary N) is 1. The van der Waals surface area contributed by atoms with Gasteiger partial charge in [-0.1, -0.05) is 32.9 Å². The zero-order valence-electron chi connectivity index (χ0n) is 12.1. The van der Waals surface area contributed by atoms with Crippen LogP contribution in [0.5, 0.6) is 5.75 Å². The average Bonchev–Trinajstić information content (AvgIpc) is 3.17. The maximum atomic E-state index is 9.32. The number of ether oxygens (including phenoxy) is 1. The number of rotatable bonds is 6. The van der Waals surface area contributed by atoms with E-state index < -0.39 is 0 Å². The molecule has 1 atom stereocenters. The molecule has 0 radical (unpaired) electrons. The third kappa shape index (κ3) is 4.51. The third-order valence-electron chi connectivity index (χ3n) is 3.42. The summed E-state index contributed by atoms with van der Waals surface area (Å²) < 4.78 is 5.80. The number of aliphatic hydroxyl groups excluding tert-OH is 1. The molecule has 1 aliphatic carbocycles. The van der Waals surface area contributed by atoms with Gasteiger partial charge >= 0.3 is 0 Å². The minimum Gasteiger partial charge on any atom is -0.492 e. The van der Waals surface area contributed by atoms with Crippen LogP contribution in [-0.2, 0) is 5.41 Å². The van der Waals surface area contributed by atoms with Crippen molar-refractivity contribution in [2.24, 2.45) is 0 Å². The molecule has 0 amide bonds. The van der Waals surface area contributed by atoms with E-state index in [2.05, 4.69) is 38.2 Å². The lowest BCUT2D eigenvalue weighted by atomic mass is 9.87. The zero-order valence-corrected chi connectivity index (χ0v) is 12.1. The van der Waals surface area contributed by atoms with Crippen molar-refractivity contribution < 1.29 is 9.84 Å². The van der Waals surface area contributed by atoms with Crippen LogP contribution in [0.1, 0.15) is 39.2 Å². The molecule has 106 valence electrons. The topological polar surface area (TPSA) is 41.5 Å². The molecule has 0 saturated heterocycles. The highest BCUT2D eigenvalue weighted by atomic mass is 16.5. The van der Waals surface area contributed by atoms with Crippen molar-refractivity contribution >= 4 is 0 Å². The first-order valence-electron chi connectivity index (χ1n) is 7.09. The summed E-state index contributed by atoms with van der Waals surface area (Å²) in [4.78, 5) is 0. The van der Waals surface area contributed by atoms with Gasteiger partial charge in [0, 0.05) is 6.04 Å². The summed E-state index contributed by atoms with van der Waals surface area (Å²) in [7, 11) is 0. The van der Waals surface area contributed by atoms with Gasteiger partial charge in [0.05, 0.1) is 12.6 Å². The molecule has 3 nitrogen and oxygen atoms in total. The number of hydrogen-bond acceptors (Lipinski definition) is 3. The van der Waals surface area contributed by atoms with Crippen LogP contribution in [0.2, 0.25) is 0 Å². The van der Waals surface area contributed by atoms with Crippen LogP contribution >= 0.6 is 0 Å². The Morgan fingerprint density at radius 3 is 2.68 bits per heavy atom. The van der Waals surface area contributed by atoms with E-state index in [-0.39, 0.29) is 18.1 Å². The molecule has 1 aromatic carbocycles. The second-order valence-electron chi connectivity index (χ2n) is 6.41. The molecule has 2 N–H and O–H groups in total. The Kier molecular flexibility index (Phi) is 4.48. The highest BCUT2D eigenvalue weighted by molar-refractivity contribution is 5.32. The van der Waals surface area contributed by atoms with Gasteiger partial charge in [-0.05, 0) is 36.0 Å². The van der Waals surface area contributed by atoms with Gasteiger partial charge < -0.3 is 15.2 Å². The maximum Gasteiger partial charge on any atom is 0.119 e. The van der Waals surface area contributed by atoms with Gasteiger partial charge in [-0.2, -0.15) is 0 Å². The molecule has 2 rings (SSSR count). The SMILES string of the molecule is CC(C)(C)c1cccc(OCC(CO)NC2CC2)c1. The minimum absolute atomic E-state index is 0.0331. The summed E-state index contributed by atoms with van der Waals surface area (Å²) in [5, 5.41) is 12.7. The maximum absolute atomic E-state index is 9.32. The van der Waals surface area contributed by atoms with E-state index in [1.807, 2.05) is 12.1 Å². The van der Waals surface area contributed by atoms with Crippen LogP contribution in [0.25, 0.3) is 0 Å². The highest BCUT2D eigenvalue weighted by Crippen LogP contribution is 2.25. The Morgan fingerprint density at radius 1 is 1.37 bits per heavy atom. The van der Waals surface area contributed by atoms with Gasteiger partial charge in [-0.3, -0.25) is 0 Å². The van der Waals surface area contributed by atoms with Crippen LogP contribution < -0.4 is 10.1 Å². The van der Waals surface area contributed by atoms with E-state index >= 15 is 0 Å². The van der Waals surface area contributed by atoms with Gasteiger partial charge in [0.15, 0.2) is 0 Å². The van der Waals surface area contributed by atoms with Gasteiger partial charge in [0.2, 0.25) is 0 Å². The molecule has 1 fully saturated rings. The molecule has 3 heteroatoms. The zero-order chi connectivity index (χ0) is 13.9. The molecule has 19 heavy (non-hydrogen) atoms. The first-order valence-corrected chi connectivity index (χ1v) is 7.09. The summed E-state index contributed by atoms with van der Waals surface area (Å²) in [5.74, 6) is 0.878. The van der Waals surface area contributed by atoms with E-state index in [0.717, 1.165) is 5.75 Å². The first kappa shape index (κ1) is 14.4. The van der Waals surface area contributed by atoms with Crippen LogP contribution in [0.15, 0.2) is 24.3 Å². The van der Waals surface area contributed by atoms with Gasteiger partial charge in [0.25, 0.3) is 0 Å². The molecule has 1 saturated carbocycles. The molecule has 0 aromatic heterocycles. The molecule has 1 aromatic rings. The van der Waals surface area contributed by atoms with E-state index in [0.29, 0.717) is 12.6 Å². The van der Waals surface area contributed by atoms with Crippen molar-refractivity contribution in [3.63, 3.8) is 0 Å². The lowest BCUT2D eigenvalue weighted by Gasteiger charge is -2.21. The first-order chi connectivity index (χ1) is 8.99. The summed E-state index contributed by atoms with van der Waals surface area (Å²) in [6.07, 6.45) is 2.44. The number of benzene rings is 1. The van der Waals surface area contributed by atoms with Crippen molar-refractivity contribution in [3.8, 4) is 5.75 Å². The fraction of sp³-hybridized carbons (Fsp3) is 0.625. The van der Waals surface area contributed by atoms with Crippen LogP contribution in [0, 0.1) is 0 Å². The normalized spacial score (nSPS) is 17.3. The fourth-order valence-electron chi connectivity index (χ4n) is 1.99. The summed E-state index contributed by atoms with van der Waals surface area (Å²) in [5.41, 5.74) is 1.39. The molecule has 0 aliphatic heterocycles. The molecule has 0 spiro atoms. The van der Waals surface area contributed by atoms with Crippen molar-refractivity contribution in [1.29, 1.82) is 0 Å². The van der Waals surface area contributed by atoms with Crippen molar-refractivity contribution in [2.75, 3.05) is 13.2 Å². The predicted octanol–water partition coefficient (Wildman–Crippen LogP) is 2.48. The average molecular weight is 263 g/mol. The van der Waals surface area contributed by atoms with Crippen molar-refractivity contribution in [2.45, 2.75) is 51.1 Å². The second-order valence-corrected chi connectivity index (χ2v) is 6.41. The molecular weight excluding hydrogens is 238 g/mol. The molecule has 0 bridgehead atoms. The molecule has 0 heterocycles. The fourth-order valence-corrected chi connectivity index (χ4v) is 1.99.